The molecule has 0 radical (unpaired) electrons. The van der Waals surface area contributed by atoms with Gasteiger partial charge in [0, 0.05) is 23.8 Å². The molecule has 92 valence electrons. The largest absolute Gasteiger partial charge is 0.360 e. The van der Waals surface area contributed by atoms with Gasteiger partial charge in [0.2, 0.25) is 5.91 Å². The maximum absolute atomic E-state index is 11.5. The van der Waals surface area contributed by atoms with E-state index < -0.39 is 0 Å². The van der Waals surface area contributed by atoms with Crippen LogP contribution in [0.3, 0.4) is 0 Å². The van der Waals surface area contributed by atoms with Crippen LogP contribution >= 0.6 is 11.6 Å². The molecule has 1 aliphatic rings. The van der Waals surface area contributed by atoms with Crippen molar-refractivity contribution in [3.63, 3.8) is 0 Å². The summed E-state index contributed by atoms with van der Waals surface area (Å²) in [4.78, 5) is 13.5. The van der Waals surface area contributed by atoms with Crippen LogP contribution in [0.2, 0.25) is 5.02 Å². The fraction of sp³-hybridized carbons (Fsp3) is 0.417. The fourth-order valence-electron chi connectivity index (χ4n) is 1.93. The summed E-state index contributed by atoms with van der Waals surface area (Å²) < 4.78 is 0. The first-order valence-corrected chi connectivity index (χ1v) is 5.98. The molecule has 2 rings (SSSR count). The molecular formula is C12H16ClN3O. The van der Waals surface area contributed by atoms with Crippen molar-refractivity contribution in [1.82, 2.24) is 5.32 Å². The molecular weight excluding hydrogens is 238 g/mol. The lowest BCUT2D eigenvalue weighted by atomic mass is 10.1. The normalized spacial score (nSPS) is 20.3. The van der Waals surface area contributed by atoms with Crippen LogP contribution in [0, 0.1) is 6.92 Å². The van der Waals surface area contributed by atoms with Crippen LogP contribution in [-0.2, 0) is 4.79 Å². The molecule has 4 nitrogen and oxygen atoms in total. The maximum atomic E-state index is 11.5. The van der Waals surface area contributed by atoms with Crippen molar-refractivity contribution in [1.29, 1.82) is 0 Å². The minimum atomic E-state index is 0.00315. The van der Waals surface area contributed by atoms with Gasteiger partial charge >= 0.3 is 0 Å². The third-order valence-electron chi connectivity index (χ3n) is 2.95. The molecule has 1 aromatic carbocycles. The van der Waals surface area contributed by atoms with Gasteiger partial charge in [0.05, 0.1) is 12.6 Å². The van der Waals surface area contributed by atoms with Crippen molar-refractivity contribution >= 4 is 23.2 Å². The first kappa shape index (κ1) is 12.2. The number of aryl methyl sites for hydroxylation is 1. The Morgan fingerprint density at radius 1 is 1.59 bits per heavy atom. The number of hydrogen-bond acceptors (Lipinski definition) is 3. The van der Waals surface area contributed by atoms with Crippen LogP contribution in [0.5, 0.6) is 0 Å². The number of halogens is 1. The Balaban J connectivity index is 2.20. The molecule has 17 heavy (non-hydrogen) atoms. The number of carbonyl (C=O) groups excluding carboxylic acids is 1. The average molecular weight is 254 g/mol. The summed E-state index contributed by atoms with van der Waals surface area (Å²) in [6.45, 7) is 3.48. The topological polar surface area (TPSA) is 58.4 Å². The van der Waals surface area contributed by atoms with Gasteiger partial charge in [0.1, 0.15) is 0 Å². The highest BCUT2D eigenvalue weighted by Crippen LogP contribution is 2.23. The van der Waals surface area contributed by atoms with Gasteiger partial charge in [-0.2, -0.15) is 0 Å². The molecule has 0 bridgehead atoms. The molecule has 1 fully saturated rings. The van der Waals surface area contributed by atoms with Crippen molar-refractivity contribution in [2.24, 2.45) is 5.73 Å². The Hall–Kier alpha value is -1.26. The summed E-state index contributed by atoms with van der Waals surface area (Å²) in [6, 6.07) is 5.84. The number of benzene rings is 1. The van der Waals surface area contributed by atoms with E-state index in [0.717, 1.165) is 22.8 Å². The smallest absolute Gasteiger partial charge is 0.239 e. The molecule has 0 spiro atoms. The highest BCUT2D eigenvalue weighted by Gasteiger charge is 2.23. The lowest BCUT2D eigenvalue weighted by Crippen LogP contribution is -2.56. The van der Waals surface area contributed by atoms with Gasteiger partial charge in [-0.1, -0.05) is 17.7 Å². The number of hydrogen-bond donors (Lipinski definition) is 2. The lowest BCUT2D eigenvalue weighted by Gasteiger charge is -2.34. The number of rotatable bonds is 2. The van der Waals surface area contributed by atoms with E-state index in [1.807, 2.05) is 30.0 Å². The molecule has 1 unspecified atom stereocenters. The molecule has 1 aliphatic heterocycles. The van der Waals surface area contributed by atoms with E-state index in [0.29, 0.717) is 13.1 Å². The average Bonchev–Trinajstić information content (AvgIpc) is 2.32. The number of piperazine rings is 1. The number of amides is 1. The summed E-state index contributed by atoms with van der Waals surface area (Å²) in [5, 5.41) is 3.57. The van der Waals surface area contributed by atoms with Crippen LogP contribution in [0.25, 0.3) is 0 Å². The predicted molar refractivity (Wildman–Crippen MR) is 69.4 cm³/mol. The van der Waals surface area contributed by atoms with Gasteiger partial charge in [-0.15, -0.1) is 0 Å². The molecule has 1 heterocycles. The van der Waals surface area contributed by atoms with Crippen LogP contribution in [0.1, 0.15) is 5.56 Å². The summed E-state index contributed by atoms with van der Waals surface area (Å²) >= 11 is 6.09. The monoisotopic (exact) mass is 253 g/mol. The highest BCUT2D eigenvalue weighted by atomic mass is 35.5. The van der Waals surface area contributed by atoms with Gasteiger partial charge < -0.3 is 16.0 Å². The van der Waals surface area contributed by atoms with E-state index in [4.69, 9.17) is 17.3 Å². The Kier molecular flexibility index (Phi) is 3.54. The molecule has 0 aromatic heterocycles. The summed E-state index contributed by atoms with van der Waals surface area (Å²) in [7, 11) is 0. The minimum Gasteiger partial charge on any atom is -0.360 e. The third-order valence-corrected chi connectivity index (χ3v) is 3.35. The van der Waals surface area contributed by atoms with Gasteiger partial charge in [-0.3, -0.25) is 4.79 Å². The van der Waals surface area contributed by atoms with E-state index >= 15 is 0 Å². The van der Waals surface area contributed by atoms with Crippen molar-refractivity contribution in [2.45, 2.75) is 13.0 Å². The first-order chi connectivity index (χ1) is 8.10. The Bertz CT molecular complexity index is 436. The molecule has 1 saturated heterocycles. The molecule has 3 N–H and O–H groups in total. The predicted octanol–water partition coefficient (Wildman–Crippen LogP) is 0.912. The van der Waals surface area contributed by atoms with Crippen LogP contribution < -0.4 is 16.0 Å². The Labute approximate surface area is 106 Å². The van der Waals surface area contributed by atoms with E-state index in [-0.39, 0.29) is 11.9 Å². The van der Waals surface area contributed by atoms with E-state index in [2.05, 4.69) is 5.32 Å². The van der Waals surface area contributed by atoms with Crippen molar-refractivity contribution in [2.75, 3.05) is 24.5 Å². The van der Waals surface area contributed by atoms with Crippen molar-refractivity contribution in [3.8, 4) is 0 Å². The van der Waals surface area contributed by atoms with Gasteiger partial charge in [-0.25, -0.2) is 0 Å². The zero-order valence-electron chi connectivity index (χ0n) is 9.74. The third kappa shape index (κ3) is 2.70. The van der Waals surface area contributed by atoms with Crippen molar-refractivity contribution in [3.05, 3.63) is 28.8 Å². The number of anilines is 1. The number of nitrogens with two attached hydrogens (primary N) is 1. The van der Waals surface area contributed by atoms with Crippen LogP contribution in [0.15, 0.2) is 18.2 Å². The zero-order chi connectivity index (χ0) is 12.4. The highest BCUT2D eigenvalue weighted by molar-refractivity contribution is 6.31. The van der Waals surface area contributed by atoms with Crippen molar-refractivity contribution < 1.29 is 4.79 Å². The van der Waals surface area contributed by atoms with E-state index in [9.17, 15) is 4.79 Å². The standard InChI is InChI=1S/C12H16ClN3O/c1-8-2-3-10(4-11(8)13)16-6-9(5-14)15-12(17)7-16/h2-4,9H,5-7,14H2,1H3,(H,15,17). The molecule has 0 aliphatic carbocycles. The lowest BCUT2D eigenvalue weighted by molar-refractivity contribution is -0.121. The number of nitrogens with one attached hydrogen (secondary N) is 1. The second kappa shape index (κ2) is 4.94. The molecule has 1 aromatic rings. The van der Waals surface area contributed by atoms with Gasteiger partial charge in [-0.05, 0) is 24.6 Å². The van der Waals surface area contributed by atoms with Gasteiger partial charge in [0.15, 0.2) is 0 Å². The molecule has 5 heteroatoms. The van der Waals surface area contributed by atoms with Crippen LogP contribution in [0.4, 0.5) is 5.69 Å². The molecule has 0 saturated carbocycles. The van der Waals surface area contributed by atoms with Crippen LogP contribution in [-0.4, -0.2) is 31.6 Å². The van der Waals surface area contributed by atoms with Gasteiger partial charge in [0.25, 0.3) is 0 Å². The number of nitrogens with zero attached hydrogens (tertiary/aromatic N) is 1. The molecule has 1 amide bonds. The Morgan fingerprint density at radius 2 is 2.35 bits per heavy atom. The zero-order valence-corrected chi connectivity index (χ0v) is 10.5. The molecule has 1 atom stereocenters. The Morgan fingerprint density at radius 3 is 3.00 bits per heavy atom. The minimum absolute atomic E-state index is 0.00315. The second-order valence-electron chi connectivity index (χ2n) is 4.31. The summed E-state index contributed by atoms with van der Waals surface area (Å²) in [5.41, 5.74) is 7.59. The second-order valence-corrected chi connectivity index (χ2v) is 4.72. The quantitative estimate of drug-likeness (QED) is 0.824. The SMILES string of the molecule is Cc1ccc(N2CC(=O)NC(CN)C2)cc1Cl. The fourth-order valence-corrected chi connectivity index (χ4v) is 2.11. The number of carbonyl (C=O) groups is 1. The maximum Gasteiger partial charge on any atom is 0.239 e. The van der Waals surface area contributed by atoms with E-state index in [1.54, 1.807) is 0 Å². The first-order valence-electron chi connectivity index (χ1n) is 5.60. The summed E-state index contributed by atoms with van der Waals surface area (Å²) in [6.07, 6.45) is 0. The van der Waals surface area contributed by atoms with E-state index in [1.165, 1.54) is 0 Å². The summed E-state index contributed by atoms with van der Waals surface area (Å²) in [5.74, 6) is 0.00315.